The summed E-state index contributed by atoms with van der Waals surface area (Å²) in [6, 6.07) is 0. The SMILES string of the molecule is CCn1ccnc1C(O)C1CNC1. The van der Waals surface area contributed by atoms with Crippen LogP contribution in [-0.2, 0) is 6.54 Å². The van der Waals surface area contributed by atoms with Gasteiger partial charge in [-0.25, -0.2) is 4.98 Å². The van der Waals surface area contributed by atoms with Crippen LogP contribution in [0.5, 0.6) is 0 Å². The summed E-state index contributed by atoms with van der Waals surface area (Å²) >= 11 is 0. The molecule has 1 aromatic heterocycles. The second-order valence-corrected chi connectivity index (χ2v) is 3.43. The van der Waals surface area contributed by atoms with E-state index in [9.17, 15) is 5.11 Å². The van der Waals surface area contributed by atoms with Gasteiger partial charge in [-0.1, -0.05) is 0 Å². The van der Waals surface area contributed by atoms with Crippen molar-refractivity contribution in [2.75, 3.05) is 13.1 Å². The average molecular weight is 181 g/mol. The molecule has 1 atom stereocenters. The van der Waals surface area contributed by atoms with Crippen molar-refractivity contribution in [1.82, 2.24) is 14.9 Å². The molecule has 1 fully saturated rings. The Bertz CT molecular complexity index is 280. The Kier molecular flexibility index (Phi) is 2.33. The van der Waals surface area contributed by atoms with E-state index in [1.165, 1.54) is 0 Å². The van der Waals surface area contributed by atoms with Gasteiger partial charge in [-0.15, -0.1) is 0 Å². The second kappa shape index (κ2) is 3.47. The average Bonchev–Trinajstić information content (AvgIpc) is 2.47. The quantitative estimate of drug-likeness (QED) is 0.698. The van der Waals surface area contributed by atoms with Crippen LogP contribution in [0.3, 0.4) is 0 Å². The Hall–Kier alpha value is -0.870. The molecule has 1 aliphatic rings. The molecule has 0 amide bonds. The van der Waals surface area contributed by atoms with Crippen LogP contribution in [0.25, 0.3) is 0 Å². The highest BCUT2D eigenvalue weighted by Gasteiger charge is 2.28. The zero-order valence-electron chi connectivity index (χ0n) is 7.77. The Balaban J connectivity index is 2.13. The number of nitrogens with zero attached hydrogens (tertiary/aromatic N) is 2. The van der Waals surface area contributed by atoms with Crippen LogP contribution >= 0.6 is 0 Å². The van der Waals surface area contributed by atoms with Gasteiger partial charge in [-0.3, -0.25) is 0 Å². The minimum absolute atomic E-state index is 0.340. The summed E-state index contributed by atoms with van der Waals surface area (Å²) in [6.07, 6.45) is 3.25. The summed E-state index contributed by atoms with van der Waals surface area (Å²) in [5.74, 6) is 1.14. The fraction of sp³-hybridized carbons (Fsp3) is 0.667. The Morgan fingerprint density at radius 2 is 2.54 bits per heavy atom. The fourth-order valence-corrected chi connectivity index (χ4v) is 1.60. The van der Waals surface area contributed by atoms with E-state index in [1.807, 2.05) is 10.8 Å². The second-order valence-electron chi connectivity index (χ2n) is 3.43. The van der Waals surface area contributed by atoms with Crippen LogP contribution in [-0.4, -0.2) is 27.7 Å². The minimum atomic E-state index is -0.406. The molecule has 1 aromatic rings. The first-order chi connectivity index (χ1) is 6.33. The summed E-state index contributed by atoms with van der Waals surface area (Å²) in [6.45, 7) is 4.72. The van der Waals surface area contributed by atoms with Crippen molar-refractivity contribution in [1.29, 1.82) is 0 Å². The predicted molar refractivity (Wildman–Crippen MR) is 49.2 cm³/mol. The molecule has 1 unspecified atom stereocenters. The van der Waals surface area contributed by atoms with Gasteiger partial charge in [0.1, 0.15) is 11.9 Å². The number of hydrogen-bond acceptors (Lipinski definition) is 3. The first kappa shape index (κ1) is 8.72. The van der Waals surface area contributed by atoms with Crippen LogP contribution in [0.1, 0.15) is 18.9 Å². The van der Waals surface area contributed by atoms with Crippen molar-refractivity contribution in [2.45, 2.75) is 19.6 Å². The largest absolute Gasteiger partial charge is 0.385 e. The number of hydrogen-bond donors (Lipinski definition) is 2. The smallest absolute Gasteiger partial charge is 0.137 e. The molecule has 0 saturated carbocycles. The van der Waals surface area contributed by atoms with Gasteiger partial charge in [0.15, 0.2) is 0 Å². The molecular formula is C9H15N3O. The van der Waals surface area contributed by atoms with Gasteiger partial charge in [0.05, 0.1) is 0 Å². The van der Waals surface area contributed by atoms with Crippen molar-refractivity contribution >= 4 is 0 Å². The Morgan fingerprint density at radius 3 is 3.08 bits per heavy atom. The fourth-order valence-electron chi connectivity index (χ4n) is 1.60. The van der Waals surface area contributed by atoms with Crippen molar-refractivity contribution in [2.24, 2.45) is 5.92 Å². The highest BCUT2D eigenvalue weighted by Crippen LogP contribution is 2.23. The van der Waals surface area contributed by atoms with Crippen molar-refractivity contribution in [3.63, 3.8) is 0 Å². The maximum Gasteiger partial charge on any atom is 0.137 e. The van der Waals surface area contributed by atoms with Gasteiger partial charge in [0, 0.05) is 37.9 Å². The third-order valence-corrected chi connectivity index (χ3v) is 2.61. The Labute approximate surface area is 77.6 Å². The number of rotatable bonds is 3. The van der Waals surface area contributed by atoms with E-state index in [0.717, 1.165) is 25.5 Å². The highest BCUT2D eigenvalue weighted by atomic mass is 16.3. The van der Waals surface area contributed by atoms with Crippen LogP contribution in [0.15, 0.2) is 12.4 Å². The number of aliphatic hydroxyl groups is 1. The van der Waals surface area contributed by atoms with E-state index in [-0.39, 0.29) is 0 Å². The van der Waals surface area contributed by atoms with E-state index in [0.29, 0.717) is 5.92 Å². The number of imidazole rings is 1. The molecule has 0 aromatic carbocycles. The predicted octanol–water partition coefficient (Wildman–Crippen LogP) is 0.156. The van der Waals surface area contributed by atoms with E-state index >= 15 is 0 Å². The van der Waals surface area contributed by atoms with Gasteiger partial charge in [0.25, 0.3) is 0 Å². The monoisotopic (exact) mass is 181 g/mol. The first-order valence-corrected chi connectivity index (χ1v) is 4.72. The lowest BCUT2D eigenvalue weighted by atomic mass is 9.96. The summed E-state index contributed by atoms with van der Waals surface area (Å²) in [7, 11) is 0. The van der Waals surface area contributed by atoms with Crippen molar-refractivity contribution in [3.8, 4) is 0 Å². The van der Waals surface area contributed by atoms with Gasteiger partial charge in [-0.05, 0) is 6.92 Å². The molecule has 2 rings (SSSR count). The maximum absolute atomic E-state index is 9.92. The van der Waals surface area contributed by atoms with E-state index in [1.54, 1.807) is 6.20 Å². The number of aliphatic hydroxyl groups excluding tert-OH is 1. The number of aryl methyl sites for hydroxylation is 1. The molecule has 2 N–H and O–H groups in total. The normalized spacial score (nSPS) is 19.8. The van der Waals surface area contributed by atoms with Crippen molar-refractivity contribution < 1.29 is 5.11 Å². The molecule has 0 bridgehead atoms. The molecule has 1 saturated heterocycles. The summed E-state index contributed by atoms with van der Waals surface area (Å²) < 4.78 is 1.99. The minimum Gasteiger partial charge on any atom is -0.385 e. The molecule has 1 aliphatic heterocycles. The van der Waals surface area contributed by atoms with Gasteiger partial charge >= 0.3 is 0 Å². The topological polar surface area (TPSA) is 50.1 Å². The maximum atomic E-state index is 9.92. The first-order valence-electron chi connectivity index (χ1n) is 4.72. The third-order valence-electron chi connectivity index (χ3n) is 2.61. The molecular weight excluding hydrogens is 166 g/mol. The van der Waals surface area contributed by atoms with Crippen LogP contribution in [0.4, 0.5) is 0 Å². The van der Waals surface area contributed by atoms with Crippen LogP contribution in [0, 0.1) is 5.92 Å². The zero-order valence-corrected chi connectivity index (χ0v) is 7.77. The molecule has 0 spiro atoms. The number of nitrogens with one attached hydrogen (secondary N) is 1. The standard InChI is InChI=1S/C9H15N3O/c1-2-12-4-3-11-9(12)8(13)7-5-10-6-7/h3-4,7-8,10,13H,2,5-6H2,1H3. The molecule has 0 radical (unpaired) electrons. The van der Waals surface area contributed by atoms with Crippen LogP contribution < -0.4 is 5.32 Å². The molecule has 0 aliphatic carbocycles. The summed E-state index contributed by atoms with van der Waals surface area (Å²) in [5, 5.41) is 13.1. The molecule has 2 heterocycles. The molecule has 13 heavy (non-hydrogen) atoms. The van der Waals surface area contributed by atoms with E-state index in [2.05, 4.69) is 17.2 Å². The van der Waals surface area contributed by atoms with Gasteiger partial charge in [0.2, 0.25) is 0 Å². The third kappa shape index (κ3) is 1.47. The molecule has 72 valence electrons. The van der Waals surface area contributed by atoms with Crippen molar-refractivity contribution in [3.05, 3.63) is 18.2 Å². The summed E-state index contributed by atoms with van der Waals surface area (Å²) in [5.41, 5.74) is 0. The Morgan fingerprint density at radius 1 is 1.77 bits per heavy atom. The molecule has 4 nitrogen and oxygen atoms in total. The lowest BCUT2D eigenvalue weighted by Gasteiger charge is -2.31. The highest BCUT2D eigenvalue weighted by molar-refractivity contribution is 5.01. The molecule has 4 heteroatoms. The van der Waals surface area contributed by atoms with Gasteiger partial charge < -0.3 is 15.0 Å². The van der Waals surface area contributed by atoms with E-state index < -0.39 is 6.10 Å². The summed E-state index contributed by atoms with van der Waals surface area (Å²) in [4.78, 5) is 4.18. The zero-order chi connectivity index (χ0) is 9.26. The lowest BCUT2D eigenvalue weighted by molar-refractivity contribution is 0.0663. The van der Waals surface area contributed by atoms with E-state index in [4.69, 9.17) is 0 Å². The lowest BCUT2D eigenvalue weighted by Crippen LogP contribution is -2.45. The number of aromatic nitrogens is 2. The van der Waals surface area contributed by atoms with Crippen LogP contribution in [0.2, 0.25) is 0 Å². The van der Waals surface area contributed by atoms with Gasteiger partial charge in [-0.2, -0.15) is 0 Å².